The number of benzene rings is 2. The molecule has 0 unspecified atom stereocenters. The van der Waals surface area contributed by atoms with Crippen LogP contribution in [0.25, 0.3) is 0 Å². The summed E-state index contributed by atoms with van der Waals surface area (Å²) in [4.78, 5) is 26.2. The van der Waals surface area contributed by atoms with Crippen molar-refractivity contribution >= 4 is 23.4 Å². The number of nitrogens with one attached hydrogen (secondary N) is 1. The van der Waals surface area contributed by atoms with Gasteiger partial charge in [-0.05, 0) is 24.3 Å². The SMILES string of the molecule is COc1ccc(NC(=O)c2ccccc2N=C=O)cc1OC. The van der Waals surface area contributed by atoms with Crippen LogP contribution in [0.1, 0.15) is 10.4 Å². The van der Waals surface area contributed by atoms with Crippen molar-refractivity contribution in [2.24, 2.45) is 4.99 Å². The number of para-hydroxylation sites is 1. The lowest BCUT2D eigenvalue weighted by Crippen LogP contribution is -2.12. The van der Waals surface area contributed by atoms with Gasteiger partial charge in [-0.1, -0.05) is 12.1 Å². The van der Waals surface area contributed by atoms with E-state index in [1.54, 1.807) is 42.5 Å². The van der Waals surface area contributed by atoms with Crippen molar-refractivity contribution < 1.29 is 19.1 Å². The molecule has 2 rings (SSSR count). The van der Waals surface area contributed by atoms with Gasteiger partial charge in [0.05, 0.1) is 25.5 Å². The maximum absolute atomic E-state index is 12.3. The van der Waals surface area contributed by atoms with E-state index in [1.807, 2.05) is 0 Å². The predicted molar refractivity (Wildman–Crippen MR) is 81.7 cm³/mol. The van der Waals surface area contributed by atoms with Gasteiger partial charge >= 0.3 is 0 Å². The van der Waals surface area contributed by atoms with Crippen molar-refractivity contribution in [3.8, 4) is 11.5 Å². The molecule has 6 nitrogen and oxygen atoms in total. The summed E-state index contributed by atoms with van der Waals surface area (Å²) in [5.41, 5.74) is 1.07. The molecule has 0 saturated heterocycles. The number of nitrogens with zero attached hydrogens (tertiary/aromatic N) is 1. The lowest BCUT2D eigenvalue weighted by Gasteiger charge is -2.11. The summed E-state index contributed by atoms with van der Waals surface area (Å²) < 4.78 is 10.3. The van der Waals surface area contributed by atoms with E-state index in [0.29, 0.717) is 17.2 Å². The molecule has 0 heterocycles. The molecule has 0 aliphatic carbocycles. The summed E-state index contributed by atoms with van der Waals surface area (Å²) in [7, 11) is 3.04. The van der Waals surface area contributed by atoms with Crippen LogP contribution in [0.2, 0.25) is 0 Å². The highest BCUT2D eigenvalue weighted by Crippen LogP contribution is 2.30. The number of carbonyl (C=O) groups is 1. The lowest BCUT2D eigenvalue weighted by molar-refractivity contribution is 0.102. The van der Waals surface area contributed by atoms with Gasteiger partial charge < -0.3 is 14.8 Å². The van der Waals surface area contributed by atoms with E-state index < -0.39 is 0 Å². The molecule has 0 radical (unpaired) electrons. The van der Waals surface area contributed by atoms with E-state index in [9.17, 15) is 9.59 Å². The molecule has 0 fully saturated rings. The molecular formula is C16H14N2O4. The molecule has 0 aliphatic rings. The fourth-order valence-electron chi connectivity index (χ4n) is 1.92. The van der Waals surface area contributed by atoms with Gasteiger partial charge in [0.25, 0.3) is 5.91 Å². The average Bonchev–Trinajstić information content (AvgIpc) is 2.55. The van der Waals surface area contributed by atoms with Gasteiger partial charge in [0.15, 0.2) is 11.5 Å². The summed E-state index contributed by atoms with van der Waals surface area (Å²) in [6.45, 7) is 0. The zero-order valence-electron chi connectivity index (χ0n) is 12.1. The molecule has 0 atom stereocenters. The summed E-state index contributed by atoms with van der Waals surface area (Å²) in [6.07, 6.45) is 1.43. The Bertz CT molecular complexity index is 737. The third-order valence-electron chi connectivity index (χ3n) is 2.96. The van der Waals surface area contributed by atoms with Crippen molar-refractivity contribution in [1.82, 2.24) is 0 Å². The third-order valence-corrected chi connectivity index (χ3v) is 2.96. The molecule has 0 saturated carbocycles. The van der Waals surface area contributed by atoms with E-state index in [4.69, 9.17) is 9.47 Å². The average molecular weight is 298 g/mol. The van der Waals surface area contributed by atoms with E-state index in [1.165, 1.54) is 20.3 Å². The molecule has 2 aromatic rings. The number of rotatable bonds is 5. The monoisotopic (exact) mass is 298 g/mol. The first kappa shape index (κ1) is 15.3. The first-order valence-corrected chi connectivity index (χ1v) is 6.40. The summed E-state index contributed by atoms with van der Waals surface area (Å²) in [5, 5.41) is 2.72. The van der Waals surface area contributed by atoms with Crippen LogP contribution >= 0.6 is 0 Å². The van der Waals surface area contributed by atoms with E-state index >= 15 is 0 Å². The number of anilines is 1. The van der Waals surface area contributed by atoms with Crippen molar-refractivity contribution in [3.05, 3.63) is 48.0 Å². The van der Waals surface area contributed by atoms with Crippen LogP contribution in [-0.2, 0) is 4.79 Å². The quantitative estimate of drug-likeness (QED) is 0.680. The van der Waals surface area contributed by atoms with Gasteiger partial charge in [0.2, 0.25) is 6.08 Å². The molecular weight excluding hydrogens is 284 g/mol. The van der Waals surface area contributed by atoms with E-state index in [0.717, 1.165) is 0 Å². The minimum Gasteiger partial charge on any atom is -0.493 e. The molecule has 0 bridgehead atoms. The highest BCUT2D eigenvalue weighted by molar-refractivity contribution is 6.07. The van der Waals surface area contributed by atoms with E-state index in [2.05, 4.69) is 10.3 Å². The fraction of sp³-hybridized carbons (Fsp3) is 0.125. The minimum absolute atomic E-state index is 0.260. The summed E-state index contributed by atoms with van der Waals surface area (Å²) in [6, 6.07) is 11.5. The maximum atomic E-state index is 12.3. The van der Waals surface area contributed by atoms with Crippen LogP contribution in [0.15, 0.2) is 47.5 Å². The number of carbonyl (C=O) groups excluding carboxylic acids is 2. The number of aliphatic imine (C=N–C) groups is 1. The van der Waals surface area contributed by atoms with Gasteiger partial charge in [0.1, 0.15) is 0 Å². The number of methoxy groups -OCH3 is 2. The fourth-order valence-corrected chi connectivity index (χ4v) is 1.92. The molecule has 112 valence electrons. The molecule has 6 heteroatoms. The molecule has 0 aromatic heterocycles. The van der Waals surface area contributed by atoms with Crippen LogP contribution in [-0.4, -0.2) is 26.2 Å². The zero-order chi connectivity index (χ0) is 15.9. The predicted octanol–water partition coefficient (Wildman–Crippen LogP) is 2.92. The molecule has 2 aromatic carbocycles. The first-order valence-electron chi connectivity index (χ1n) is 6.40. The number of isocyanates is 1. The van der Waals surface area contributed by atoms with Gasteiger partial charge in [-0.15, -0.1) is 0 Å². The highest BCUT2D eigenvalue weighted by atomic mass is 16.5. The van der Waals surface area contributed by atoms with Crippen molar-refractivity contribution in [3.63, 3.8) is 0 Å². The lowest BCUT2D eigenvalue weighted by atomic mass is 10.1. The normalized spacial score (nSPS) is 9.55. The number of amides is 1. The molecule has 1 N–H and O–H groups in total. The van der Waals surface area contributed by atoms with Crippen LogP contribution in [0.4, 0.5) is 11.4 Å². The molecule has 22 heavy (non-hydrogen) atoms. The van der Waals surface area contributed by atoms with Crippen molar-refractivity contribution in [2.75, 3.05) is 19.5 Å². The second-order valence-electron chi connectivity index (χ2n) is 4.24. The Morgan fingerprint density at radius 2 is 1.82 bits per heavy atom. The Kier molecular flexibility index (Phi) is 4.90. The van der Waals surface area contributed by atoms with Crippen molar-refractivity contribution in [1.29, 1.82) is 0 Å². The van der Waals surface area contributed by atoms with Gasteiger partial charge in [-0.3, -0.25) is 4.79 Å². The minimum atomic E-state index is -0.387. The van der Waals surface area contributed by atoms with Crippen LogP contribution in [0.3, 0.4) is 0 Å². The largest absolute Gasteiger partial charge is 0.493 e. The molecule has 1 amide bonds. The van der Waals surface area contributed by atoms with Gasteiger partial charge in [-0.2, -0.15) is 4.99 Å². The standard InChI is InChI=1S/C16H14N2O4/c1-21-14-8-7-11(9-15(14)22-2)18-16(20)12-5-3-4-6-13(12)17-10-19/h3-9H,1-2H3,(H,18,20). The van der Waals surface area contributed by atoms with Crippen LogP contribution in [0, 0.1) is 0 Å². The van der Waals surface area contributed by atoms with Gasteiger partial charge in [-0.25, -0.2) is 4.79 Å². The van der Waals surface area contributed by atoms with Crippen molar-refractivity contribution in [2.45, 2.75) is 0 Å². The Hall–Kier alpha value is -3.11. The molecule has 0 spiro atoms. The Balaban J connectivity index is 2.28. The number of hydrogen-bond acceptors (Lipinski definition) is 5. The van der Waals surface area contributed by atoms with Crippen LogP contribution < -0.4 is 14.8 Å². The highest BCUT2D eigenvalue weighted by Gasteiger charge is 2.12. The third kappa shape index (κ3) is 3.31. The second-order valence-corrected chi connectivity index (χ2v) is 4.24. The summed E-state index contributed by atoms with van der Waals surface area (Å²) in [5.74, 6) is 0.674. The Morgan fingerprint density at radius 1 is 1.09 bits per heavy atom. The first-order chi connectivity index (χ1) is 10.7. The zero-order valence-corrected chi connectivity index (χ0v) is 12.1. The summed E-state index contributed by atoms with van der Waals surface area (Å²) >= 11 is 0. The van der Waals surface area contributed by atoms with E-state index in [-0.39, 0.29) is 17.2 Å². The maximum Gasteiger partial charge on any atom is 0.257 e. The number of hydrogen-bond donors (Lipinski definition) is 1. The second kappa shape index (κ2) is 7.06. The topological polar surface area (TPSA) is 77.0 Å². The Labute approximate surface area is 127 Å². The smallest absolute Gasteiger partial charge is 0.257 e. The van der Waals surface area contributed by atoms with Gasteiger partial charge in [0, 0.05) is 11.8 Å². The Morgan fingerprint density at radius 3 is 2.50 bits per heavy atom. The molecule has 0 aliphatic heterocycles. The number of ether oxygens (including phenoxy) is 2. The van der Waals surface area contributed by atoms with Crippen LogP contribution in [0.5, 0.6) is 11.5 Å².